The van der Waals surface area contributed by atoms with Crippen molar-refractivity contribution in [2.75, 3.05) is 24.7 Å². The van der Waals surface area contributed by atoms with Crippen molar-refractivity contribution < 1.29 is 8.42 Å². The van der Waals surface area contributed by atoms with Crippen LogP contribution >= 0.6 is 0 Å². The van der Waals surface area contributed by atoms with Gasteiger partial charge in [-0.3, -0.25) is 5.32 Å². The summed E-state index contributed by atoms with van der Waals surface area (Å²) < 4.78 is 26.9. The van der Waals surface area contributed by atoms with Crippen molar-refractivity contribution in [1.29, 1.82) is 0 Å². The predicted molar refractivity (Wildman–Crippen MR) is 117 cm³/mol. The minimum absolute atomic E-state index is 0.147. The summed E-state index contributed by atoms with van der Waals surface area (Å²) in [6, 6.07) is 15.8. The zero-order chi connectivity index (χ0) is 20.4. The van der Waals surface area contributed by atoms with Gasteiger partial charge in [-0.1, -0.05) is 57.0 Å². The highest BCUT2D eigenvalue weighted by molar-refractivity contribution is 7.91. The van der Waals surface area contributed by atoms with E-state index in [1.807, 2.05) is 49.3 Å². The van der Waals surface area contributed by atoms with Gasteiger partial charge >= 0.3 is 0 Å². The van der Waals surface area contributed by atoms with Crippen molar-refractivity contribution in [3.05, 3.63) is 59.7 Å². The van der Waals surface area contributed by atoms with Crippen molar-refractivity contribution in [1.82, 2.24) is 5.32 Å². The number of fused-ring (bicyclic) bond motifs is 1. The van der Waals surface area contributed by atoms with Gasteiger partial charge in [-0.25, -0.2) is 8.42 Å². The van der Waals surface area contributed by atoms with Crippen LogP contribution in [0.4, 0.5) is 5.69 Å². The molecule has 0 aliphatic carbocycles. The lowest BCUT2D eigenvalue weighted by molar-refractivity contribution is 0.295. The summed E-state index contributed by atoms with van der Waals surface area (Å²) in [6.45, 7) is 4.25. The summed E-state index contributed by atoms with van der Waals surface area (Å²) in [4.78, 5) is 2.48. The fraction of sp³-hybridized carbons (Fsp3) is 0.478. The van der Waals surface area contributed by atoms with Gasteiger partial charge in [0, 0.05) is 25.3 Å². The molecule has 0 saturated heterocycles. The van der Waals surface area contributed by atoms with E-state index < -0.39 is 15.4 Å². The van der Waals surface area contributed by atoms with E-state index in [1.165, 1.54) is 0 Å². The first kappa shape index (κ1) is 20.9. The molecule has 0 fully saturated rings. The van der Waals surface area contributed by atoms with E-state index in [2.05, 4.69) is 31.3 Å². The van der Waals surface area contributed by atoms with Gasteiger partial charge < -0.3 is 4.90 Å². The Labute approximate surface area is 169 Å². The average molecular weight is 401 g/mol. The highest BCUT2D eigenvalue weighted by atomic mass is 32.2. The Balaban J connectivity index is 2.23. The Hall–Kier alpha value is -1.85. The molecule has 1 N–H and O–H groups in total. The molecule has 0 saturated carbocycles. The summed E-state index contributed by atoms with van der Waals surface area (Å²) in [7, 11) is 0.570. The van der Waals surface area contributed by atoms with Crippen LogP contribution in [-0.2, 0) is 9.84 Å². The zero-order valence-electron chi connectivity index (χ0n) is 17.4. The van der Waals surface area contributed by atoms with Crippen molar-refractivity contribution in [2.45, 2.75) is 56.0 Å². The monoisotopic (exact) mass is 400 g/mol. The standard InChI is InChI=1S/C23H32N2O2S/c1-5-7-15-23(6-2)17-28(26,27)21-14-13-19(25(3)4)16-20(21)22(24-23)18-11-9-8-10-12-18/h8-14,16,22,24H,5-7,15,17H2,1-4H3/t22-,23-/m1/s1. The van der Waals surface area contributed by atoms with Gasteiger partial charge in [-0.2, -0.15) is 0 Å². The third-order valence-electron chi connectivity index (χ3n) is 5.89. The Morgan fingerprint density at radius 1 is 1.11 bits per heavy atom. The number of nitrogens with zero attached hydrogens (tertiary/aromatic N) is 1. The van der Waals surface area contributed by atoms with Crippen LogP contribution < -0.4 is 10.2 Å². The third-order valence-corrected chi connectivity index (χ3v) is 7.87. The Kier molecular flexibility index (Phi) is 6.15. The zero-order valence-corrected chi connectivity index (χ0v) is 18.2. The number of hydrogen-bond acceptors (Lipinski definition) is 4. The van der Waals surface area contributed by atoms with E-state index in [9.17, 15) is 8.42 Å². The molecule has 1 aliphatic rings. The SMILES string of the molecule is CCCC[C@]1(CC)CS(=O)(=O)c2ccc(N(C)C)cc2[C@@H](c2ccccc2)N1. The topological polar surface area (TPSA) is 49.4 Å². The van der Waals surface area contributed by atoms with Crippen molar-refractivity contribution >= 4 is 15.5 Å². The lowest BCUT2D eigenvalue weighted by Crippen LogP contribution is -2.50. The number of benzene rings is 2. The van der Waals surface area contributed by atoms with E-state index in [1.54, 1.807) is 6.07 Å². The fourth-order valence-electron chi connectivity index (χ4n) is 4.14. The lowest BCUT2D eigenvalue weighted by Gasteiger charge is -2.36. The second-order valence-corrected chi connectivity index (χ2v) is 10.1. The van der Waals surface area contributed by atoms with Crippen LogP contribution in [0.1, 0.15) is 56.7 Å². The molecule has 1 heterocycles. The molecule has 2 aromatic rings. The van der Waals surface area contributed by atoms with E-state index >= 15 is 0 Å². The fourth-order valence-corrected chi connectivity index (χ4v) is 6.26. The number of hydrogen-bond donors (Lipinski definition) is 1. The van der Waals surface area contributed by atoms with Crippen molar-refractivity contribution in [3.8, 4) is 0 Å². The minimum Gasteiger partial charge on any atom is -0.378 e. The molecule has 4 nitrogen and oxygen atoms in total. The molecule has 0 amide bonds. The van der Waals surface area contributed by atoms with Gasteiger partial charge in [0.05, 0.1) is 16.7 Å². The van der Waals surface area contributed by atoms with Crippen LogP contribution in [0.5, 0.6) is 0 Å². The van der Waals surface area contributed by atoms with Gasteiger partial charge in [0.15, 0.2) is 9.84 Å². The van der Waals surface area contributed by atoms with Gasteiger partial charge in [-0.15, -0.1) is 0 Å². The van der Waals surface area contributed by atoms with Crippen LogP contribution in [0, 0.1) is 0 Å². The largest absolute Gasteiger partial charge is 0.378 e. The van der Waals surface area contributed by atoms with E-state index in [0.29, 0.717) is 4.90 Å². The van der Waals surface area contributed by atoms with Crippen LogP contribution in [-0.4, -0.2) is 33.8 Å². The normalized spacial score (nSPS) is 23.6. The summed E-state index contributed by atoms with van der Waals surface area (Å²) >= 11 is 0. The van der Waals surface area contributed by atoms with E-state index in [4.69, 9.17) is 0 Å². The molecule has 152 valence electrons. The van der Waals surface area contributed by atoms with Crippen LogP contribution in [0.3, 0.4) is 0 Å². The second kappa shape index (κ2) is 8.26. The Morgan fingerprint density at radius 2 is 1.82 bits per heavy atom. The lowest BCUT2D eigenvalue weighted by atomic mass is 9.88. The maximum Gasteiger partial charge on any atom is 0.180 e. The quantitative estimate of drug-likeness (QED) is 0.772. The molecule has 5 heteroatoms. The maximum absolute atomic E-state index is 13.4. The molecular weight excluding hydrogens is 368 g/mol. The van der Waals surface area contributed by atoms with Crippen LogP contribution in [0.15, 0.2) is 53.4 Å². The average Bonchev–Trinajstić information content (AvgIpc) is 2.79. The molecular formula is C23H32N2O2S. The molecule has 0 unspecified atom stereocenters. The number of anilines is 1. The molecule has 2 atom stereocenters. The molecule has 0 bridgehead atoms. The van der Waals surface area contributed by atoms with Crippen LogP contribution in [0.25, 0.3) is 0 Å². The van der Waals surface area contributed by atoms with E-state index in [0.717, 1.165) is 42.5 Å². The summed E-state index contributed by atoms with van der Waals surface area (Å²) in [6.07, 6.45) is 3.70. The molecule has 0 radical (unpaired) electrons. The molecule has 0 spiro atoms. The van der Waals surface area contributed by atoms with Gasteiger partial charge in [0.1, 0.15) is 0 Å². The predicted octanol–water partition coefficient (Wildman–Crippen LogP) is 4.56. The van der Waals surface area contributed by atoms with E-state index in [-0.39, 0.29) is 11.8 Å². The first-order valence-corrected chi connectivity index (χ1v) is 11.8. The minimum atomic E-state index is -3.39. The highest BCUT2D eigenvalue weighted by Gasteiger charge is 2.41. The number of rotatable bonds is 6. The Morgan fingerprint density at radius 3 is 2.43 bits per heavy atom. The maximum atomic E-state index is 13.4. The molecule has 2 aromatic carbocycles. The first-order chi connectivity index (χ1) is 13.3. The summed E-state index contributed by atoms with van der Waals surface area (Å²) in [5, 5.41) is 3.81. The summed E-state index contributed by atoms with van der Waals surface area (Å²) in [5.41, 5.74) is 2.54. The van der Waals surface area contributed by atoms with Gasteiger partial charge in [-0.05, 0) is 42.2 Å². The van der Waals surface area contributed by atoms with Gasteiger partial charge in [0.2, 0.25) is 0 Å². The smallest absolute Gasteiger partial charge is 0.180 e. The third kappa shape index (κ3) is 4.11. The molecule has 28 heavy (non-hydrogen) atoms. The highest BCUT2D eigenvalue weighted by Crippen LogP contribution is 2.39. The van der Waals surface area contributed by atoms with Crippen LogP contribution in [0.2, 0.25) is 0 Å². The van der Waals surface area contributed by atoms with Crippen molar-refractivity contribution in [2.24, 2.45) is 0 Å². The molecule has 0 aromatic heterocycles. The number of unbranched alkanes of at least 4 members (excludes halogenated alkanes) is 1. The number of sulfone groups is 1. The molecule has 3 rings (SSSR count). The number of nitrogens with one attached hydrogen (secondary N) is 1. The Bertz CT molecular complexity index is 909. The first-order valence-electron chi connectivity index (χ1n) is 10.2. The summed E-state index contributed by atoms with van der Waals surface area (Å²) in [5.74, 6) is 0.147. The second-order valence-electron chi connectivity index (χ2n) is 8.10. The van der Waals surface area contributed by atoms with Crippen molar-refractivity contribution in [3.63, 3.8) is 0 Å². The van der Waals surface area contributed by atoms with Gasteiger partial charge in [0.25, 0.3) is 0 Å². The molecule has 1 aliphatic heterocycles.